The number of rotatable bonds is 4. The molecule has 0 unspecified atom stereocenters. The van der Waals surface area contributed by atoms with E-state index in [2.05, 4.69) is 25.0 Å². The molecule has 0 aliphatic carbocycles. The second-order valence-electron chi connectivity index (χ2n) is 1.38. The molecule has 0 aliphatic heterocycles. The minimum atomic E-state index is 1.17. The summed E-state index contributed by atoms with van der Waals surface area (Å²) >= 11 is 4.00. The molecule has 43 valence electrons. The second-order valence-corrected chi connectivity index (χ2v) is 2.82. The van der Waals surface area contributed by atoms with E-state index >= 15 is 0 Å². The van der Waals surface area contributed by atoms with Crippen LogP contribution in [0, 0.1) is 6.42 Å². The maximum Gasteiger partial charge on any atom is 0.00346 e. The van der Waals surface area contributed by atoms with Crippen molar-refractivity contribution in [3.8, 4) is 0 Å². The Hall–Kier alpha value is 0.700. The van der Waals surface area contributed by atoms with Gasteiger partial charge in [0, 0.05) is 5.75 Å². The Balaban J connectivity index is 2.45. The fourth-order valence-corrected chi connectivity index (χ4v) is 1.04. The van der Waals surface area contributed by atoms with E-state index in [1.807, 2.05) is 0 Å². The maximum atomic E-state index is 4.00. The van der Waals surface area contributed by atoms with Crippen LogP contribution in [-0.2, 0) is 0 Å². The molecule has 0 saturated carbocycles. The first kappa shape index (κ1) is 7.70. The third kappa shape index (κ3) is 6.70. The number of unbranched alkanes of at least 4 members (excludes halogenated alkanes) is 2. The summed E-state index contributed by atoms with van der Waals surface area (Å²) in [6, 6.07) is 0. The van der Waals surface area contributed by atoms with Gasteiger partial charge in [-0.15, -0.1) is 11.7 Å². The minimum Gasteiger partial charge on any atom is -0.111 e. The molecule has 1 radical (unpaired) electrons. The van der Waals surface area contributed by atoms with Crippen molar-refractivity contribution in [2.45, 2.75) is 19.8 Å². The van der Waals surface area contributed by atoms with Gasteiger partial charge in [0.1, 0.15) is 0 Å². The highest BCUT2D eigenvalue weighted by molar-refractivity contribution is 8.68. The van der Waals surface area contributed by atoms with Crippen molar-refractivity contribution >= 4 is 22.5 Å². The van der Waals surface area contributed by atoms with E-state index in [1.165, 1.54) is 18.6 Å². The summed E-state index contributed by atoms with van der Waals surface area (Å²) < 4.78 is 0. The smallest absolute Gasteiger partial charge is 0.00346 e. The molecule has 0 nitrogen and oxygen atoms in total. The molecule has 0 amide bonds. The van der Waals surface area contributed by atoms with Gasteiger partial charge in [-0.25, -0.2) is 0 Å². The molecule has 0 saturated heterocycles. The topological polar surface area (TPSA) is 0 Å². The Morgan fingerprint density at radius 2 is 2.43 bits per heavy atom. The Morgan fingerprint density at radius 1 is 1.71 bits per heavy atom. The lowest BCUT2D eigenvalue weighted by Crippen LogP contribution is -1.74. The molecule has 0 atom stereocenters. The zero-order chi connectivity index (χ0) is 5.54. The summed E-state index contributed by atoms with van der Waals surface area (Å²) in [7, 11) is 1.62. The Kier molecular flexibility index (Phi) is 7.37. The molecule has 0 spiro atoms. The third-order valence-electron chi connectivity index (χ3n) is 0.728. The van der Waals surface area contributed by atoms with Crippen molar-refractivity contribution < 1.29 is 0 Å². The van der Waals surface area contributed by atoms with Crippen molar-refractivity contribution in [3.05, 3.63) is 6.42 Å². The normalized spacial score (nSPS) is 9.43. The van der Waals surface area contributed by atoms with E-state index in [0.717, 1.165) is 0 Å². The molecule has 7 heavy (non-hydrogen) atoms. The number of hydrogen-bond acceptors (Lipinski definition) is 2. The van der Waals surface area contributed by atoms with E-state index in [1.54, 1.807) is 10.8 Å². The van der Waals surface area contributed by atoms with Crippen molar-refractivity contribution in [2.24, 2.45) is 0 Å². The highest BCUT2D eigenvalue weighted by Crippen LogP contribution is 2.07. The van der Waals surface area contributed by atoms with Crippen LogP contribution < -0.4 is 0 Å². The van der Waals surface area contributed by atoms with Crippen LogP contribution in [0.25, 0.3) is 0 Å². The van der Waals surface area contributed by atoms with Gasteiger partial charge < -0.3 is 0 Å². The molecule has 2 heteroatoms. The second kappa shape index (κ2) is 6.70. The zero-order valence-corrected chi connectivity index (χ0v) is 6.27. The first-order valence-electron chi connectivity index (χ1n) is 2.46. The molecular weight excluding hydrogens is 124 g/mol. The lowest BCUT2D eigenvalue weighted by Gasteiger charge is -1.89. The predicted molar refractivity (Wildman–Crippen MR) is 40.7 cm³/mol. The lowest BCUT2D eigenvalue weighted by atomic mass is 10.3. The van der Waals surface area contributed by atoms with Crippen molar-refractivity contribution in [3.63, 3.8) is 0 Å². The Labute approximate surface area is 54.9 Å². The van der Waals surface area contributed by atoms with Crippen molar-refractivity contribution in [2.75, 3.05) is 5.75 Å². The van der Waals surface area contributed by atoms with E-state index in [9.17, 15) is 0 Å². The van der Waals surface area contributed by atoms with Crippen molar-refractivity contribution in [1.29, 1.82) is 0 Å². The van der Waals surface area contributed by atoms with Gasteiger partial charge in [-0.05, 0) is 19.3 Å². The fraction of sp³-hybridized carbons (Fsp3) is 0.800. The molecule has 0 aromatic rings. The quantitative estimate of drug-likeness (QED) is 0.351. The number of hydrogen-bond donors (Lipinski definition) is 1. The lowest BCUT2D eigenvalue weighted by molar-refractivity contribution is 0.914. The molecule has 0 bridgehead atoms. The van der Waals surface area contributed by atoms with Crippen LogP contribution in [-0.4, -0.2) is 5.75 Å². The zero-order valence-electron chi connectivity index (χ0n) is 4.55. The summed E-state index contributed by atoms with van der Waals surface area (Å²) in [5.74, 6) is 1.17. The molecule has 0 heterocycles. The fourth-order valence-electron chi connectivity index (χ4n) is 0.352. The number of thiol groups is 1. The van der Waals surface area contributed by atoms with Crippen LogP contribution in [0.3, 0.4) is 0 Å². The van der Waals surface area contributed by atoms with Crippen molar-refractivity contribution in [1.82, 2.24) is 0 Å². The van der Waals surface area contributed by atoms with Gasteiger partial charge in [0.15, 0.2) is 0 Å². The molecule has 0 fully saturated rings. The molecule has 0 N–H and O–H groups in total. The summed E-state index contributed by atoms with van der Waals surface area (Å²) in [4.78, 5) is 0. The predicted octanol–water partition coefficient (Wildman–Crippen LogP) is 2.57. The van der Waals surface area contributed by atoms with Crippen LogP contribution in [0.4, 0.5) is 0 Å². The summed E-state index contributed by atoms with van der Waals surface area (Å²) in [6.45, 7) is 2.09. The van der Waals surface area contributed by atoms with Crippen LogP contribution in [0.5, 0.6) is 0 Å². The molecular formula is C5H11S2. The first-order valence-corrected chi connectivity index (χ1v) is 4.49. The summed E-state index contributed by atoms with van der Waals surface area (Å²) in [5.41, 5.74) is 0. The van der Waals surface area contributed by atoms with Gasteiger partial charge in [0.2, 0.25) is 0 Å². The van der Waals surface area contributed by atoms with Gasteiger partial charge in [-0.3, -0.25) is 0 Å². The van der Waals surface area contributed by atoms with Gasteiger partial charge in [-0.2, -0.15) is 0 Å². The average molecular weight is 135 g/mol. The van der Waals surface area contributed by atoms with Crippen LogP contribution in [0.1, 0.15) is 19.8 Å². The third-order valence-corrected chi connectivity index (χ3v) is 1.75. The van der Waals surface area contributed by atoms with Gasteiger partial charge in [0.25, 0.3) is 0 Å². The Bertz CT molecular complexity index is 25.3. The Morgan fingerprint density at radius 3 is 2.86 bits per heavy atom. The molecule has 0 aromatic heterocycles. The van der Waals surface area contributed by atoms with E-state index in [4.69, 9.17) is 0 Å². The summed E-state index contributed by atoms with van der Waals surface area (Å²) in [5, 5.41) is 0. The highest BCUT2D eigenvalue weighted by atomic mass is 33.1. The van der Waals surface area contributed by atoms with E-state index in [-0.39, 0.29) is 0 Å². The molecule has 0 aliphatic rings. The monoisotopic (exact) mass is 135 g/mol. The SMILES string of the molecule is C[CH]CCCSS. The van der Waals surface area contributed by atoms with Crippen LogP contribution >= 0.6 is 22.5 Å². The maximum absolute atomic E-state index is 4.00. The van der Waals surface area contributed by atoms with Crippen LogP contribution in [0.2, 0.25) is 0 Å². The van der Waals surface area contributed by atoms with Gasteiger partial charge >= 0.3 is 0 Å². The minimum absolute atomic E-state index is 1.17. The van der Waals surface area contributed by atoms with Gasteiger partial charge in [0.05, 0.1) is 0 Å². The summed E-state index contributed by atoms with van der Waals surface area (Å²) in [6.07, 6.45) is 4.68. The largest absolute Gasteiger partial charge is 0.111 e. The van der Waals surface area contributed by atoms with Gasteiger partial charge in [-0.1, -0.05) is 17.7 Å². The van der Waals surface area contributed by atoms with Crippen LogP contribution in [0.15, 0.2) is 0 Å². The molecule has 0 rings (SSSR count). The standard InChI is InChI=1S/C5H11S2/c1-2-3-4-5-7-6/h2,6H,3-5H2,1H3. The first-order chi connectivity index (χ1) is 3.41. The van der Waals surface area contributed by atoms with E-state index < -0.39 is 0 Å². The van der Waals surface area contributed by atoms with E-state index in [0.29, 0.717) is 0 Å². The highest BCUT2D eigenvalue weighted by Gasteiger charge is 1.81. The molecule has 0 aromatic carbocycles. The average Bonchev–Trinajstić information content (AvgIpc) is 1.69.